The molecule has 1 atom stereocenters. The third-order valence-corrected chi connectivity index (χ3v) is 1.75. The molecule has 1 aromatic rings. The lowest BCUT2D eigenvalue weighted by molar-refractivity contribution is 0.780. The molecule has 0 amide bonds. The lowest BCUT2D eigenvalue weighted by atomic mass is 10.2. The molecule has 0 radical (unpaired) electrons. The van der Waals surface area contributed by atoms with Gasteiger partial charge >= 0.3 is 0 Å². The summed E-state index contributed by atoms with van der Waals surface area (Å²) < 4.78 is 0. The quantitative estimate of drug-likeness (QED) is 0.715. The normalized spacial score (nSPS) is 12.7. The second-order valence-electron chi connectivity index (χ2n) is 3.12. The molecule has 0 bridgehead atoms. The van der Waals surface area contributed by atoms with Crippen molar-refractivity contribution in [3.05, 3.63) is 24.0 Å². The first-order valence-electron chi connectivity index (χ1n) is 4.00. The second kappa shape index (κ2) is 3.54. The van der Waals surface area contributed by atoms with Crippen molar-refractivity contribution in [3.8, 4) is 0 Å². The fourth-order valence-corrected chi connectivity index (χ4v) is 0.964. The van der Waals surface area contributed by atoms with Crippen LogP contribution in [0.3, 0.4) is 0 Å². The highest BCUT2D eigenvalue weighted by atomic mass is 15.1. The molecule has 0 aliphatic heterocycles. The molecule has 0 unspecified atom stereocenters. The zero-order chi connectivity index (χ0) is 9.14. The Labute approximate surface area is 73.2 Å². The van der Waals surface area contributed by atoms with Gasteiger partial charge < -0.3 is 10.6 Å². The molecule has 3 heteroatoms. The monoisotopic (exact) mass is 165 g/mol. The van der Waals surface area contributed by atoms with E-state index in [1.165, 1.54) is 0 Å². The van der Waals surface area contributed by atoms with Gasteiger partial charge in [-0.05, 0) is 19.1 Å². The lowest BCUT2D eigenvalue weighted by Gasteiger charge is -2.13. The number of hydrogen-bond donors (Lipinski definition) is 1. The van der Waals surface area contributed by atoms with Gasteiger partial charge in [-0.15, -0.1) is 0 Å². The van der Waals surface area contributed by atoms with Crippen molar-refractivity contribution in [1.29, 1.82) is 0 Å². The maximum Gasteiger partial charge on any atom is 0.0588 e. The highest BCUT2D eigenvalue weighted by molar-refractivity contribution is 5.45. The number of anilines is 1. The highest BCUT2D eigenvalue weighted by Crippen LogP contribution is 2.14. The van der Waals surface area contributed by atoms with E-state index in [1.807, 2.05) is 38.1 Å². The first-order chi connectivity index (χ1) is 5.61. The molecule has 0 aliphatic carbocycles. The molecule has 12 heavy (non-hydrogen) atoms. The Hall–Kier alpha value is -1.09. The number of hydrogen-bond acceptors (Lipinski definition) is 3. The van der Waals surface area contributed by atoms with Crippen molar-refractivity contribution in [3.63, 3.8) is 0 Å². The first-order valence-corrected chi connectivity index (χ1v) is 4.00. The van der Waals surface area contributed by atoms with Crippen LogP contribution in [0.25, 0.3) is 0 Å². The standard InChI is InChI=1S/C9H15N3/c1-7(10)9-6-8(12(2)3)4-5-11-9/h4-7H,10H2,1-3H3/t7-/m0/s1. The van der Waals surface area contributed by atoms with Crippen LogP contribution in [0.4, 0.5) is 5.69 Å². The lowest BCUT2D eigenvalue weighted by Crippen LogP contribution is -2.12. The molecule has 2 N–H and O–H groups in total. The topological polar surface area (TPSA) is 42.1 Å². The van der Waals surface area contributed by atoms with Gasteiger partial charge in [-0.1, -0.05) is 0 Å². The van der Waals surface area contributed by atoms with Crippen LogP contribution in [0.2, 0.25) is 0 Å². The Bertz CT molecular complexity index is 232. The third-order valence-electron chi connectivity index (χ3n) is 1.75. The smallest absolute Gasteiger partial charge is 0.0588 e. The Morgan fingerprint density at radius 3 is 2.67 bits per heavy atom. The molecule has 66 valence electrons. The molecule has 0 fully saturated rings. The van der Waals surface area contributed by atoms with Gasteiger partial charge in [-0.2, -0.15) is 0 Å². The summed E-state index contributed by atoms with van der Waals surface area (Å²) in [6.45, 7) is 1.93. The van der Waals surface area contributed by atoms with Crippen LogP contribution in [-0.4, -0.2) is 19.1 Å². The fraction of sp³-hybridized carbons (Fsp3) is 0.444. The molecule has 1 heterocycles. The van der Waals surface area contributed by atoms with Gasteiger partial charge in [0.05, 0.1) is 5.69 Å². The Morgan fingerprint density at radius 2 is 2.17 bits per heavy atom. The number of pyridine rings is 1. The molecule has 0 saturated carbocycles. The van der Waals surface area contributed by atoms with E-state index in [9.17, 15) is 0 Å². The van der Waals surface area contributed by atoms with E-state index in [2.05, 4.69) is 4.98 Å². The molecule has 0 spiro atoms. The maximum absolute atomic E-state index is 5.70. The van der Waals surface area contributed by atoms with Crippen molar-refractivity contribution in [2.24, 2.45) is 5.73 Å². The summed E-state index contributed by atoms with van der Waals surface area (Å²) in [7, 11) is 4.00. The Morgan fingerprint density at radius 1 is 1.50 bits per heavy atom. The van der Waals surface area contributed by atoms with Gasteiger partial charge in [0.1, 0.15) is 0 Å². The second-order valence-corrected chi connectivity index (χ2v) is 3.12. The average molecular weight is 165 g/mol. The van der Waals surface area contributed by atoms with Crippen LogP contribution in [0, 0.1) is 0 Å². The van der Waals surface area contributed by atoms with Crippen LogP contribution in [-0.2, 0) is 0 Å². The third kappa shape index (κ3) is 1.95. The van der Waals surface area contributed by atoms with Gasteiger partial charge in [0.2, 0.25) is 0 Å². The molecule has 0 saturated heterocycles. The summed E-state index contributed by atoms with van der Waals surface area (Å²) in [6.07, 6.45) is 1.79. The van der Waals surface area contributed by atoms with Crippen LogP contribution in [0.15, 0.2) is 18.3 Å². The summed E-state index contributed by atoms with van der Waals surface area (Å²) in [5.41, 5.74) is 7.77. The minimum absolute atomic E-state index is 0.00454. The van der Waals surface area contributed by atoms with E-state index in [4.69, 9.17) is 5.73 Å². The summed E-state index contributed by atoms with van der Waals surface area (Å²) in [5.74, 6) is 0. The van der Waals surface area contributed by atoms with Crippen LogP contribution in [0.1, 0.15) is 18.7 Å². The van der Waals surface area contributed by atoms with Crippen LogP contribution < -0.4 is 10.6 Å². The molecule has 0 aliphatic rings. The van der Waals surface area contributed by atoms with Crippen molar-refractivity contribution in [2.45, 2.75) is 13.0 Å². The summed E-state index contributed by atoms with van der Waals surface area (Å²) in [5, 5.41) is 0. The minimum Gasteiger partial charge on any atom is -0.378 e. The summed E-state index contributed by atoms with van der Waals surface area (Å²) in [4.78, 5) is 6.20. The number of nitrogens with zero attached hydrogens (tertiary/aromatic N) is 2. The van der Waals surface area contributed by atoms with E-state index < -0.39 is 0 Å². The van der Waals surface area contributed by atoms with E-state index >= 15 is 0 Å². The molecule has 1 rings (SSSR count). The Balaban J connectivity index is 2.96. The molecule has 3 nitrogen and oxygen atoms in total. The predicted molar refractivity (Wildman–Crippen MR) is 51.2 cm³/mol. The number of rotatable bonds is 2. The first kappa shape index (κ1) is 9.00. The largest absolute Gasteiger partial charge is 0.378 e. The molecule has 0 aromatic carbocycles. The number of nitrogens with two attached hydrogens (primary N) is 1. The summed E-state index contributed by atoms with van der Waals surface area (Å²) in [6, 6.07) is 3.97. The maximum atomic E-state index is 5.70. The molecular formula is C9H15N3. The van der Waals surface area contributed by atoms with Gasteiger partial charge in [0, 0.05) is 32.0 Å². The highest BCUT2D eigenvalue weighted by Gasteiger charge is 2.02. The predicted octanol–water partition coefficient (Wildman–Crippen LogP) is 1.17. The average Bonchev–Trinajstić information content (AvgIpc) is 2.04. The molecule has 1 aromatic heterocycles. The van der Waals surface area contributed by atoms with E-state index in [1.54, 1.807) is 6.20 Å². The van der Waals surface area contributed by atoms with Gasteiger partial charge in [-0.25, -0.2) is 0 Å². The van der Waals surface area contributed by atoms with Crippen LogP contribution in [0.5, 0.6) is 0 Å². The minimum atomic E-state index is 0.00454. The van der Waals surface area contributed by atoms with E-state index in [0.29, 0.717) is 0 Å². The SMILES string of the molecule is C[C@H](N)c1cc(N(C)C)ccn1. The zero-order valence-electron chi connectivity index (χ0n) is 7.78. The van der Waals surface area contributed by atoms with Crippen molar-refractivity contribution < 1.29 is 0 Å². The fourth-order valence-electron chi connectivity index (χ4n) is 0.964. The number of aromatic nitrogens is 1. The molecular weight excluding hydrogens is 150 g/mol. The van der Waals surface area contributed by atoms with Crippen molar-refractivity contribution in [2.75, 3.05) is 19.0 Å². The van der Waals surface area contributed by atoms with Crippen molar-refractivity contribution >= 4 is 5.69 Å². The van der Waals surface area contributed by atoms with Gasteiger partial charge in [-0.3, -0.25) is 4.98 Å². The Kier molecular flexibility index (Phi) is 2.65. The zero-order valence-corrected chi connectivity index (χ0v) is 7.78. The van der Waals surface area contributed by atoms with Gasteiger partial charge in [0.15, 0.2) is 0 Å². The van der Waals surface area contributed by atoms with Crippen molar-refractivity contribution in [1.82, 2.24) is 4.98 Å². The van der Waals surface area contributed by atoms with E-state index in [0.717, 1.165) is 11.4 Å². The van der Waals surface area contributed by atoms with E-state index in [-0.39, 0.29) is 6.04 Å². The van der Waals surface area contributed by atoms with Gasteiger partial charge in [0.25, 0.3) is 0 Å². The van der Waals surface area contributed by atoms with Crippen LogP contribution >= 0.6 is 0 Å². The summed E-state index contributed by atoms with van der Waals surface area (Å²) >= 11 is 0.